The van der Waals surface area contributed by atoms with Gasteiger partial charge in [0.15, 0.2) is 18.6 Å². The number of fused-ring (bicyclic) bond motifs is 1. The predicted octanol–water partition coefficient (Wildman–Crippen LogP) is 1.28. The van der Waals surface area contributed by atoms with E-state index in [-0.39, 0.29) is 5.95 Å². The van der Waals surface area contributed by atoms with Crippen molar-refractivity contribution in [3.63, 3.8) is 0 Å². The molecule has 0 amide bonds. The zero-order chi connectivity index (χ0) is 11.4. The zero-order valence-electron chi connectivity index (χ0n) is 9.09. The van der Waals surface area contributed by atoms with Crippen molar-refractivity contribution in [2.45, 2.75) is 6.92 Å². The maximum Gasteiger partial charge on any atom is 0.196 e. The smallest absolute Gasteiger partial charge is 0.196 e. The largest absolute Gasteiger partial charge is 0.610 e. The van der Waals surface area contributed by atoms with Crippen LogP contribution >= 0.6 is 0 Å². The molecular weight excluding hydrogens is 202 g/mol. The van der Waals surface area contributed by atoms with E-state index in [2.05, 4.69) is 0 Å². The Bertz CT molecular complexity index is 520. The quantitative estimate of drug-likeness (QED) is 0.571. The third-order valence-corrected chi connectivity index (χ3v) is 2.25. The summed E-state index contributed by atoms with van der Waals surface area (Å²) in [6.45, 7) is 2.18. The van der Waals surface area contributed by atoms with Crippen LogP contribution in [0.2, 0.25) is 0 Å². The lowest BCUT2D eigenvalue weighted by Gasteiger charge is -2.08. The summed E-state index contributed by atoms with van der Waals surface area (Å²) in [6, 6.07) is 9.96. The highest BCUT2D eigenvalue weighted by atomic mass is 16.6. The minimum Gasteiger partial charge on any atom is -0.610 e. The molecule has 1 aromatic heterocycles. The van der Waals surface area contributed by atoms with Crippen molar-refractivity contribution in [3.05, 3.63) is 48.7 Å². The van der Waals surface area contributed by atoms with Crippen molar-refractivity contribution < 1.29 is 14.4 Å². The topological polar surface area (TPSA) is 36.2 Å². The Morgan fingerprint density at radius 2 is 2.06 bits per heavy atom. The van der Waals surface area contributed by atoms with Crippen LogP contribution in [0.3, 0.4) is 0 Å². The van der Waals surface area contributed by atoms with Crippen LogP contribution < -0.4 is 9.67 Å². The lowest BCUT2D eigenvalue weighted by molar-refractivity contribution is -0.574. The van der Waals surface area contributed by atoms with E-state index in [1.165, 1.54) is 6.20 Å². The molecule has 0 spiro atoms. The molecular formula is C13H13NO2. The molecule has 0 aliphatic rings. The van der Waals surface area contributed by atoms with E-state index in [0.29, 0.717) is 6.61 Å². The SMILES string of the molecule is CCO/C([O-])=C/[n+]1ccc2ccccc2c1. The maximum atomic E-state index is 11.2. The van der Waals surface area contributed by atoms with E-state index in [1.807, 2.05) is 42.7 Å². The predicted molar refractivity (Wildman–Crippen MR) is 60.0 cm³/mol. The second-order valence-electron chi connectivity index (χ2n) is 3.40. The molecule has 0 unspecified atom stereocenters. The normalized spacial score (nSPS) is 11.7. The first kappa shape index (κ1) is 10.5. The minimum atomic E-state index is -0.331. The standard InChI is InChI=1S/C13H13NO2/c1-2-16-13(15)10-14-8-7-11-5-3-4-6-12(11)9-14/h3-10H,2H2,1H3/b13-10+. The number of benzene rings is 1. The van der Waals surface area contributed by atoms with Crippen LogP contribution in [0.5, 0.6) is 0 Å². The van der Waals surface area contributed by atoms with Crippen LogP contribution in [0.15, 0.2) is 48.7 Å². The summed E-state index contributed by atoms with van der Waals surface area (Å²) in [5, 5.41) is 13.5. The van der Waals surface area contributed by atoms with Crippen molar-refractivity contribution in [2.75, 3.05) is 6.61 Å². The summed E-state index contributed by atoms with van der Waals surface area (Å²) in [7, 11) is 0. The van der Waals surface area contributed by atoms with Crippen LogP contribution in [-0.4, -0.2) is 6.61 Å². The molecule has 0 saturated heterocycles. The Morgan fingerprint density at radius 3 is 2.81 bits per heavy atom. The first-order chi connectivity index (χ1) is 7.79. The molecule has 0 saturated carbocycles. The molecule has 2 aromatic rings. The molecule has 3 nitrogen and oxygen atoms in total. The van der Waals surface area contributed by atoms with E-state index in [1.54, 1.807) is 11.5 Å². The fourth-order valence-electron chi connectivity index (χ4n) is 1.53. The van der Waals surface area contributed by atoms with Gasteiger partial charge in [-0.05, 0) is 18.1 Å². The highest BCUT2D eigenvalue weighted by molar-refractivity contribution is 5.80. The van der Waals surface area contributed by atoms with E-state index in [9.17, 15) is 5.11 Å². The fourth-order valence-corrected chi connectivity index (χ4v) is 1.53. The Hall–Kier alpha value is -2.03. The van der Waals surface area contributed by atoms with Gasteiger partial charge < -0.3 is 9.84 Å². The number of hydrogen-bond donors (Lipinski definition) is 0. The fraction of sp³-hybridized carbons (Fsp3) is 0.154. The third-order valence-electron chi connectivity index (χ3n) is 2.25. The molecule has 1 heterocycles. The molecule has 3 heteroatoms. The van der Waals surface area contributed by atoms with Crippen LogP contribution in [-0.2, 0) is 4.74 Å². The number of ether oxygens (including phenoxy) is 1. The van der Waals surface area contributed by atoms with Crippen molar-refractivity contribution in [3.8, 4) is 0 Å². The van der Waals surface area contributed by atoms with Crippen molar-refractivity contribution >= 4 is 17.0 Å². The molecule has 0 radical (unpaired) electrons. The Balaban J connectivity index is 2.36. The molecule has 1 aromatic carbocycles. The van der Waals surface area contributed by atoms with Gasteiger partial charge in [-0.25, -0.2) is 0 Å². The highest BCUT2D eigenvalue weighted by Gasteiger charge is 1.99. The van der Waals surface area contributed by atoms with Gasteiger partial charge in [-0.2, -0.15) is 4.57 Å². The first-order valence-electron chi connectivity index (χ1n) is 5.21. The number of nitrogens with zero attached hydrogens (tertiary/aromatic N) is 1. The van der Waals surface area contributed by atoms with Gasteiger partial charge in [0.1, 0.15) is 5.95 Å². The summed E-state index contributed by atoms with van der Waals surface area (Å²) in [5.74, 6) is -0.331. The van der Waals surface area contributed by atoms with Crippen molar-refractivity contribution in [1.82, 2.24) is 0 Å². The van der Waals surface area contributed by atoms with E-state index in [4.69, 9.17) is 4.74 Å². The third kappa shape index (κ3) is 2.31. The average molecular weight is 215 g/mol. The van der Waals surface area contributed by atoms with Crippen LogP contribution in [0.1, 0.15) is 6.92 Å². The molecule has 16 heavy (non-hydrogen) atoms. The van der Waals surface area contributed by atoms with Crippen LogP contribution in [0.25, 0.3) is 17.0 Å². The summed E-state index contributed by atoms with van der Waals surface area (Å²) in [6.07, 6.45) is 5.15. The van der Waals surface area contributed by atoms with Gasteiger partial charge in [-0.15, -0.1) is 0 Å². The molecule has 0 N–H and O–H groups in total. The van der Waals surface area contributed by atoms with Gasteiger partial charge in [0, 0.05) is 11.5 Å². The lowest BCUT2D eigenvalue weighted by atomic mass is 10.2. The maximum absolute atomic E-state index is 11.2. The van der Waals surface area contributed by atoms with E-state index in [0.717, 1.165) is 10.8 Å². The van der Waals surface area contributed by atoms with Crippen LogP contribution in [0.4, 0.5) is 0 Å². The van der Waals surface area contributed by atoms with Gasteiger partial charge in [0.25, 0.3) is 0 Å². The monoisotopic (exact) mass is 215 g/mol. The Morgan fingerprint density at radius 1 is 1.31 bits per heavy atom. The first-order valence-corrected chi connectivity index (χ1v) is 5.21. The van der Waals surface area contributed by atoms with Crippen molar-refractivity contribution in [1.29, 1.82) is 0 Å². The van der Waals surface area contributed by atoms with E-state index >= 15 is 0 Å². The van der Waals surface area contributed by atoms with Gasteiger partial charge in [0.2, 0.25) is 0 Å². The molecule has 0 atom stereocenters. The summed E-state index contributed by atoms with van der Waals surface area (Å²) in [5.41, 5.74) is 0. The second-order valence-corrected chi connectivity index (χ2v) is 3.40. The zero-order valence-corrected chi connectivity index (χ0v) is 9.09. The molecule has 0 aliphatic heterocycles. The van der Waals surface area contributed by atoms with Crippen LogP contribution in [0, 0.1) is 0 Å². The number of rotatable bonds is 3. The number of hydrogen-bond acceptors (Lipinski definition) is 2. The van der Waals surface area contributed by atoms with Gasteiger partial charge in [-0.1, -0.05) is 25.1 Å². The average Bonchev–Trinajstić information content (AvgIpc) is 2.29. The van der Waals surface area contributed by atoms with Gasteiger partial charge in [-0.3, -0.25) is 0 Å². The summed E-state index contributed by atoms with van der Waals surface area (Å²) in [4.78, 5) is 0. The molecule has 82 valence electrons. The van der Waals surface area contributed by atoms with Crippen molar-refractivity contribution in [2.24, 2.45) is 0 Å². The highest BCUT2D eigenvalue weighted by Crippen LogP contribution is 2.09. The molecule has 0 bridgehead atoms. The molecule has 0 fully saturated rings. The van der Waals surface area contributed by atoms with Gasteiger partial charge >= 0.3 is 0 Å². The molecule has 0 aliphatic carbocycles. The molecule has 2 rings (SSSR count). The number of pyridine rings is 1. The van der Waals surface area contributed by atoms with Gasteiger partial charge in [0.05, 0.1) is 0 Å². The van der Waals surface area contributed by atoms with E-state index < -0.39 is 0 Å². The number of aromatic nitrogens is 1. The summed E-state index contributed by atoms with van der Waals surface area (Å²) < 4.78 is 6.55. The Labute approximate surface area is 94.2 Å². The minimum absolute atomic E-state index is 0.331. The summed E-state index contributed by atoms with van der Waals surface area (Å²) >= 11 is 0. The second kappa shape index (κ2) is 4.66. The Kier molecular flexibility index (Phi) is 3.05. The lowest BCUT2D eigenvalue weighted by Crippen LogP contribution is -2.27.